The van der Waals surface area contributed by atoms with Gasteiger partial charge in [-0.05, 0) is 0 Å². The average Bonchev–Trinajstić information content (AvgIpc) is 1.32. The molecule has 0 radical (unpaired) electrons. The van der Waals surface area contributed by atoms with Crippen molar-refractivity contribution < 1.29 is 29.2 Å². The van der Waals surface area contributed by atoms with E-state index in [2.05, 4.69) is 5.67 Å². The molecule has 1 fully saturated rings. The Hall–Kier alpha value is 0.558. The van der Waals surface area contributed by atoms with Crippen LogP contribution in [0.25, 0.3) is 0 Å². The summed E-state index contributed by atoms with van der Waals surface area (Å²) in [6.07, 6.45) is 0. The quantitative estimate of drug-likeness (QED) is 0.407. The van der Waals surface area contributed by atoms with Crippen LogP contribution in [0.4, 0.5) is 0 Å². The standard InChI is InChI=1S/Mo.H2O2S.2O/c;1-3-2;;/h;1-2H;;/q+2;;;/p-2. The van der Waals surface area contributed by atoms with Crippen molar-refractivity contribution >= 4 is 12.3 Å². The zero-order valence-electron chi connectivity index (χ0n) is 2.45. The van der Waals surface area contributed by atoms with E-state index in [4.69, 9.17) is 0 Å². The van der Waals surface area contributed by atoms with Gasteiger partial charge in [0.05, 0.1) is 0 Å². The van der Waals surface area contributed by atoms with Gasteiger partial charge in [-0.25, -0.2) is 0 Å². The van der Waals surface area contributed by atoms with Gasteiger partial charge < -0.3 is 0 Å². The first kappa shape index (κ1) is 4.71. The molecule has 0 aliphatic carbocycles. The molecule has 0 bridgehead atoms. The molecule has 0 N–H and O–H groups in total. The van der Waals surface area contributed by atoms with E-state index < -0.39 is 16.7 Å². The zero-order chi connectivity index (χ0) is 4.62. The fourth-order valence-electron chi connectivity index (χ4n) is 0.0731. The van der Waals surface area contributed by atoms with Crippen LogP contribution in [-0.2, 0) is 29.2 Å². The van der Waals surface area contributed by atoms with E-state index in [1.54, 1.807) is 0 Å². The van der Waals surface area contributed by atoms with E-state index >= 15 is 0 Å². The fraction of sp³-hybridized carbons (Fsp3) is 0. The molecule has 0 aromatic rings. The van der Waals surface area contributed by atoms with Gasteiger partial charge in [0, 0.05) is 0 Å². The summed E-state index contributed by atoms with van der Waals surface area (Å²) >= 11 is -3.92. The Morgan fingerprint density at radius 1 is 1.33 bits per heavy atom. The third kappa shape index (κ3) is 0.788. The first-order chi connectivity index (χ1) is 2.71. The van der Waals surface area contributed by atoms with Gasteiger partial charge in [-0.2, -0.15) is 0 Å². The van der Waals surface area contributed by atoms with E-state index in [0.29, 0.717) is 12.3 Å². The Kier molecular flexibility index (Phi) is 0.993. The number of rotatable bonds is 0. The van der Waals surface area contributed by atoms with Gasteiger partial charge >= 0.3 is 41.5 Å². The summed E-state index contributed by atoms with van der Waals surface area (Å²) in [5.74, 6) is 0. The predicted octanol–water partition coefficient (Wildman–Crippen LogP) is 0.271. The molecule has 1 aliphatic heterocycles. The molecule has 0 spiro atoms. The molecule has 36 valence electrons. The van der Waals surface area contributed by atoms with Gasteiger partial charge in [-0.3, -0.25) is 0 Å². The van der Waals surface area contributed by atoms with E-state index in [1.807, 2.05) is 0 Å². The van der Waals surface area contributed by atoms with Crippen LogP contribution in [0, 0.1) is 0 Å². The monoisotopic (exact) mass is 194 g/mol. The van der Waals surface area contributed by atoms with Gasteiger partial charge in [-0.1, -0.05) is 0 Å². The van der Waals surface area contributed by atoms with Crippen molar-refractivity contribution in [3.05, 3.63) is 0 Å². The SMILES string of the molecule is [O]=[Mo]1(=[O])[O]S[O]1. The first-order valence-corrected chi connectivity index (χ1v) is 4.94. The summed E-state index contributed by atoms with van der Waals surface area (Å²) in [6.45, 7) is 0. The molecule has 1 heterocycles. The van der Waals surface area contributed by atoms with E-state index in [9.17, 15) is 6.80 Å². The third-order valence-electron chi connectivity index (χ3n) is 0.222. The molecule has 1 aliphatic rings. The molecule has 6 heteroatoms. The van der Waals surface area contributed by atoms with Crippen molar-refractivity contribution in [2.45, 2.75) is 0 Å². The van der Waals surface area contributed by atoms with Gasteiger partial charge in [0.2, 0.25) is 0 Å². The second-order valence-corrected chi connectivity index (χ2v) is 5.03. The Balaban J connectivity index is 2.78. The molecular weight excluding hydrogens is 192 g/mol. The number of hydrogen-bond donors (Lipinski definition) is 0. The van der Waals surface area contributed by atoms with E-state index in [1.165, 1.54) is 0 Å². The summed E-state index contributed by atoms with van der Waals surface area (Å²) in [6, 6.07) is 0. The van der Waals surface area contributed by atoms with Gasteiger partial charge in [0.1, 0.15) is 0 Å². The van der Waals surface area contributed by atoms with Crippen molar-refractivity contribution in [1.82, 2.24) is 0 Å². The molecule has 1 saturated heterocycles. The predicted molar refractivity (Wildman–Crippen MR) is 11.1 cm³/mol. The summed E-state index contributed by atoms with van der Waals surface area (Å²) < 4.78 is 27.2. The van der Waals surface area contributed by atoms with Crippen molar-refractivity contribution in [1.29, 1.82) is 0 Å². The molecule has 0 amide bonds. The Bertz CT molecular complexity index is 122. The van der Waals surface area contributed by atoms with E-state index in [0.717, 1.165) is 0 Å². The molecule has 0 aromatic carbocycles. The van der Waals surface area contributed by atoms with Crippen molar-refractivity contribution in [3.63, 3.8) is 0 Å². The maximum absolute atomic E-state index is 9.73. The molecule has 0 aromatic heterocycles. The number of hydrogen-bond acceptors (Lipinski definition) is 5. The fourth-order valence-corrected chi connectivity index (χ4v) is 1.30. The summed E-state index contributed by atoms with van der Waals surface area (Å²) in [4.78, 5) is 0. The van der Waals surface area contributed by atoms with Crippen LogP contribution in [0.15, 0.2) is 0 Å². The molecule has 6 heavy (non-hydrogen) atoms. The van der Waals surface area contributed by atoms with Crippen LogP contribution >= 0.6 is 12.3 Å². The Labute approximate surface area is 41.9 Å². The summed E-state index contributed by atoms with van der Waals surface area (Å²) in [5.41, 5.74) is 0. The van der Waals surface area contributed by atoms with Gasteiger partial charge in [-0.15, -0.1) is 0 Å². The van der Waals surface area contributed by atoms with Crippen LogP contribution in [0.5, 0.6) is 0 Å². The third-order valence-corrected chi connectivity index (χ3v) is 3.94. The van der Waals surface area contributed by atoms with Crippen LogP contribution in [0.3, 0.4) is 0 Å². The van der Waals surface area contributed by atoms with Crippen LogP contribution in [0.1, 0.15) is 0 Å². The second kappa shape index (κ2) is 1.26. The Morgan fingerprint density at radius 3 is 1.67 bits per heavy atom. The Morgan fingerprint density at radius 2 is 1.67 bits per heavy atom. The van der Waals surface area contributed by atoms with Crippen LogP contribution < -0.4 is 0 Å². The minimum atomic E-state index is -4.42. The van der Waals surface area contributed by atoms with Crippen LogP contribution in [0.2, 0.25) is 0 Å². The van der Waals surface area contributed by atoms with Gasteiger partial charge in [0.15, 0.2) is 0 Å². The molecule has 0 saturated carbocycles. The van der Waals surface area contributed by atoms with Crippen molar-refractivity contribution in [2.75, 3.05) is 0 Å². The maximum atomic E-state index is 9.73. The van der Waals surface area contributed by atoms with E-state index in [-0.39, 0.29) is 0 Å². The topological polar surface area (TPSA) is 52.6 Å². The van der Waals surface area contributed by atoms with Crippen LogP contribution in [-0.4, -0.2) is 0 Å². The normalized spacial score (nSPS) is 28.7. The second-order valence-electron chi connectivity index (χ2n) is 0.612. The molecule has 0 atom stereocenters. The molecule has 1 rings (SSSR count). The molecule has 0 unspecified atom stereocenters. The molecular formula is MoO4S. The average molecular weight is 192 g/mol. The van der Waals surface area contributed by atoms with Crippen molar-refractivity contribution in [2.24, 2.45) is 0 Å². The summed E-state index contributed by atoms with van der Waals surface area (Å²) in [5, 5.41) is 0. The minimum absolute atomic E-state index is 0.503. The summed E-state index contributed by atoms with van der Waals surface area (Å²) in [7, 11) is 0. The van der Waals surface area contributed by atoms with Crippen molar-refractivity contribution in [3.8, 4) is 0 Å². The molecule has 4 nitrogen and oxygen atoms in total. The van der Waals surface area contributed by atoms with Gasteiger partial charge in [0.25, 0.3) is 0 Å². The first-order valence-electron chi connectivity index (χ1n) is 1.00. The zero-order valence-corrected chi connectivity index (χ0v) is 5.27.